The highest BCUT2D eigenvalue weighted by Crippen LogP contribution is 2.05. The number of hydrogen-bond acceptors (Lipinski definition) is 5. The summed E-state index contributed by atoms with van der Waals surface area (Å²) in [5.41, 5.74) is 2.84. The molecule has 2 aromatic heterocycles. The smallest absolute Gasteiger partial charge is 0.195 e. The van der Waals surface area contributed by atoms with E-state index in [0.29, 0.717) is 17.1 Å². The largest absolute Gasteiger partial charge is 0.388 e. The molecule has 0 amide bonds. The van der Waals surface area contributed by atoms with Crippen LogP contribution >= 0.6 is 23.6 Å². The van der Waals surface area contributed by atoms with E-state index < -0.39 is 0 Å². The van der Waals surface area contributed by atoms with Gasteiger partial charge in [0.25, 0.3) is 0 Å². The van der Waals surface area contributed by atoms with E-state index in [1.165, 1.54) is 0 Å². The van der Waals surface area contributed by atoms with Crippen LogP contribution in [0.25, 0.3) is 0 Å². The highest BCUT2D eigenvalue weighted by molar-refractivity contribution is 7.71. The molecular formula is C8H10N4OS2. The van der Waals surface area contributed by atoms with Gasteiger partial charge in [-0.25, -0.2) is 4.98 Å². The minimum absolute atomic E-state index is 0.107. The van der Waals surface area contributed by atoms with Gasteiger partial charge in [0.15, 0.2) is 10.6 Å². The van der Waals surface area contributed by atoms with Crippen LogP contribution in [0.5, 0.6) is 0 Å². The van der Waals surface area contributed by atoms with Crippen LogP contribution < -0.4 is 0 Å². The predicted octanol–water partition coefficient (Wildman–Crippen LogP) is 1.13. The van der Waals surface area contributed by atoms with E-state index in [-0.39, 0.29) is 6.61 Å². The van der Waals surface area contributed by atoms with E-state index in [0.717, 1.165) is 12.1 Å². The summed E-state index contributed by atoms with van der Waals surface area (Å²) in [7, 11) is 0. The summed E-state index contributed by atoms with van der Waals surface area (Å²) in [6.45, 7) is 0.583. The van der Waals surface area contributed by atoms with Crippen molar-refractivity contribution in [1.29, 1.82) is 0 Å². The summed E-state index contributed by atoms with van der Waals surface area (Å²) in [4.78, 5) is 4.18. The lowest BCUT2D eigenvalue weighted by Crippen LogP contribution is -2.06. The van der Waals surface area contributed by atoms with Gasteiger partial charge < -0.3 is 9.67 Å². The molecule has 0 radical (unpaired) electrons. The number of aromatic nitrogens is 4. The fourth-order valence-electron chi connectivity index (χ4n) is 1.29. The van der Waals surface area contributed by atoms with Crippen molar-refractivity contribution < 1.29 is 5.11 Å². The minimum Gasteiger partial charge on any atom is -0.388 e. The lowest BCUT2D eigenvalue weighted by Gasteiger charge is -2.02. The van der Waals surface area contributed by atoms with Crippen molar-refractivity contribution in [3.8, 4) is 0 Å². The molecule has 0 spiro atoms. The molecule has 2 heterocycles. The number of aliphatic hydroxyl groups is 1. The van der Waals surface area contributed by atoms with Crippen LogP contribution in [-0.2, 0) is 19.6 Å². The maximum absolute atomic E-state index is 9.03. The monoisotopic (exact) mass is 242 g/mol. The van der Waals surface area contributed by atoms with Gasteiger partial charge >= 0.3 is 0 Å². The van der Waals surface area contributed by atoms with Crippen molar-refractivity contribution in [2.75, 3.05) is 0 Å². The second-order valence-corrected chi connectivity index (χ2v) is 4.09. The molecule has 0 unspecified atom stereocenters. The van der Waals surface area contributed by atoms with Gasteiger partial charge in [0, 0.05) is 18.3 Å². The molecule has 2 N–H and O–H groups in total. The van der Waals surface area contributed by atoms with Crippen molar-refractivity contribution >= 4 is 23.6 Å². The number of H-pyrrole nitrogens is 1. The Balaban J connectivity index is 2.10. The maximum atomic E-state index is 9.03. The zero-order valence-corrected chi connectivity index (χ0v) is 9.51. The summed E-state index contributed by atoms with van der Waals surface area (Å²) >= 11 is 6.62. The number of hydrogen-bond donors (Lipinski definition) is 2. The fraction of sp³-hybridized carbons (Fsp3) is 0.375. The number of nitrogens with zero attached hydrogens (tertiary/aromatic N) is 3. The molecule has 0 fully saturated rings. The van der Waals surface area contributed by atoms with E-state index in [1.54, 1.807) is 21.4 Å². The molecule has 0 saturated carbocycles. The Morgan fingerprint density at radius 2 is 2.47 bits per heavy atom. The van der Waals surface area contributed by atoms with Crippen molar-refractivity contribution in [2.45, 2.75) is 19.6 Å². The molecule has 2 aromatic rings. The number of aryl methyl sites for hydroxylation is 1. The van der Waals surface area contributed by atoms with Crippen LogP contribution in [0.3, 0.4) is 0 Å². The zero-order valence-electron chi connectivity index (χ0n) is 7.88. The second kappa shape index (κ2) is 4.65. The van der Waals surface area contributed by atoms with E-state index in [9.17, 15) is 0 Å². The van der Waals surface area contributed by atoms with Gasteiger partial charge in [0.05, 0.1) is 11.2 Å². The molecule has 2 rings (SSSR count). The van der Waals surface area contributed by atoms with Gasteiger partial charge in [-0.2, -0.15) is 5.10 Å². The van der Waals surface area contributed by atoms with Crippen molar-refractivity contribution in [2.24, 2.45) is 0 Å². The minimum atomic E-state index is -0.107. The predicted molar refractivity (Wildman–Crippen MR) is 59.2 cm³/mol. The highest BCUT2D eigenvalue weighted by Gasteiger charge is 2.05. The third-order valence-electron chi connectivity index (χ3n) is 2.05. The van der Waals surface area contributed by atoms with Crippen LogP contribution in [0.4, 0.5) is 0 Å². The third-order valence-corrected chi connectivity index (χ3v) is 3.00. The lowest BCUT2D eigenvalue weighted by molar-refractivity contribution is 0.264. The van der Waals surface area contributed by atoms with Gasteiger partial charge in [-0.05, 0) is 12.2 Å². The van der Waals surface area contributed by atoms with Gasteiger partial charge in [-0.1, -0.05) is 0 Å². The fourth-order valence-corrected chi connectivity index (χ4v) is 2.12. The molecule has 0 atom stereocenters. The molecule has 0 aliphatic carbocycles. The van der Waals surface area contributed by atoms with Gasteiger partial charge in [-0.3, -0.25) is 5.10 Å². The quantitative estimate of drug-likeness (QED) is 0.789. The van der Waals surface area contributed by atoms with Crippen molar-refractivity contribution in [3.63, 3.8) is 0 Å². The molecule has 0 saturated heterocycles. The molecule has 15 heavy (non-hydrogen) atoms. The second-order valence-electron chi connectivity index (χ2n) is 2.98. The Morgan fingerprint density at radius 3 is 3.13 bits per heavy atom. The molecule has 0 aliphatic heterocycles. The Hall–Kier alpha value is -1.05. The van der Waals surface area contributed by atoms with Gasteiger partial charge in [-0.15, -0.1) is 11.3 Å². The van der Waals surface area contributed by atoms with Crippen LogP contribution in [0.15, 0.2) is 10.9 Å². The lowest BCUT2D eigenvalue weighted by atomic mass is 10.3. The number of aliphatic hydroxyl groups excluding tert-OH is 1. The van der Waals surface area contributed by atoms with Crippen LogP contribution in [-0.4, -0.2) is 24.9 Å². The Morgan fingerprint density at radius 1 is 1.60 bits per heavy atom. The first-order valence-electron chi connectivity index (χ1n) is 4.43. The van der Waals surface area contributed by atoms with Crippen LogP contribution in [0, 0.1) is 4.77 Å². The number of thiazole rings is 1. The molecule has 80 valence electrons. The topological polar surface area (TPSA) is 66.7 Å². The molecule has 5 nitrogen and oxygen atoms in total. The van der Waals surface area contributed by atoms with Crippen molar-refractivity contribution in [3.05, 3.63) is 27.2 Å². The summed E-state index contributed by atoms with van der Waals surface area (Å²) in [5, 5.41) is 17.6. The zero-order chi connectivity index (χ0) is 10.7. The molecular weight excluding hydrogens is 232 g/mol. The maximum Gasteiger partial charge on any atom is 0.195 e. The normalized spacial score (nSPS) is 10.7. The average Bonchev–Trinajstić information content (AvgIpc) is 2.84. The third kappa shape index (κ3) is 2.31. The van der Waals surface area contributed by atoms with E-state index >= 15 is 0 Å². The first-order valence-corrected chi connectivity index (χ1v) is 5.78. The Kier molecular flexibility index (Phi) is 3.24. The number of nitrogens with one attached hydrogen (secondary N) is 1. The molecule has 0 aromatic carbocycles. The van der Waals surface area contributed by atoms with Crippen LogP contribution in [0.1, 0.15) is 11.5 Å². The number of aromatic amines is 1. The van der Waals surface area contributed by atoms with E-state index in [2.05, 4.69) is 15.2 Å². The first kappa shape index (κ1) is 10.5. The molecule has 0 aliphatic rings. The summed E-state index contributed by atoms with van der Waals surface area (Å²) in [6.07, 6.45) is 0.796. The Labute approximate surface area is 95.4 Å². The van der Waals surface area contributed by atoms with Gasteiger partial charge in [0.2, 0.25) is 0 Å². The van der Waals surface area contributed by atoms with E-state index in [4.69, 9.17) is 17.3 Å². The Bertz CT molecular complexity index is 473. The van der Waals surface area contributed by atoms with Gasteiger partial charge in [0.1, 0.15) is 6.61 Å². The SMILES string of the molecule is OCc1n[nH]c(=S)n1CCc1cscn1. The first-order chi connectivity index (χ1) is 7.31. The summed E-state index contributed by atoms with van der Waals surface area (Å²) in [5.74, 6) is 0.565. The van der Waals surface area contributed by atoms with Crippen LogP contribution in [0.2, 0.25) is 0 Å². The molecule has 7 heteroatoms. The van der Waals surface area contributed by atoms with E-state index in [1.807, 2.05) is 5.38 Å². The standard InChI is InChI=1S/C8H10N4OS2/c13-3-7-10-11-8(14)12(7)2-1-6-4-15-5-9-6/h4-5,13H,1-3H2,(H,11,14). The average molecular weight is 242 g/mol. The summed E-state index contributed by atoms with van der Waals surface area (Å²) in [6, 6.07) is 0. The molecule has 0 bridgehead atoms. The summed E-state index contributed by atoms with van der Waals surface area (Å²) < 4.78 is 2.32. The highest BCUT2D eigenvalue weighted by atomic mass is 32.1. The number of rotatable bonds is 4. The van der Waals surface area contributed by atoms with Crippen molar-refractivity contribution in [1.82, 2.24) is 19.7 Å².